The van der Waals surface area contributed by atoms with Gasteiger partial charge in [0.2, 0.25) is 0 Å². The minimum atomic E-state index is -0.346. The van der Waals surface area contributed by atoms with Crippen LogP contribution in [0.5, 0.6) is 5.75 Å². The molecule has 1 atom stereocenters. The molecule has 0 radical (unpaired) electrons. The largest absolute Gasteiger partial charge is 0.494 e. The van der Waals surface area contributed by atoms with Gasteiger partial charge in [0.25, 0.3) is 5.91 Å². The molecule has 1 N–H and O–H groups in total. The van der Waals surface area contributed by atoms with Gasteiger partial charge in [-0.3, -0.25) is 14.8 Å². The molecule has 4 aromatic rings. The molecule has 3 heterocycles. The third kappa shape index (κ3) is 3.75. The van der Waals surface area contributed by atoms with Crippen molar-refractivity contribution in [2.75, 3.05) is 7.11 Å². The number of hydrogen-bond acceptors (Lipinski definition) is 6. The first-order valence-electron chi connectivity index (χ1n) is 9.40. The van der Waals surface area contributed by atoms with Crippen molar-refractivity contribution in [3.63, 3.8) is 0 Å². The lowest BCUT2D eigenvalue weighted by atomic mass is 10.1. The molecular weight excluding hydrogens is 380 g/mol. The summed E-state index contributed by atoms with van der Waals surface area (Å²) in [6.45, 7) is 1.87. The lowest BCUT2D eigenvalue weighted by Gasteiger charge is -2.14. The number of rotatable bonds is 6. The molecule has 0 spiro atoms. The van der Waals surface area contributed by atoms with Crippen molar-refractivity contribution in [1.29, 1.82) is 0 Å². The standard InChI is InChI=1S/C22H20N6O2/c1-15(17-7-5-6-12-24-17)25-22(29)20-21(16-10-13-23-14-11-16)28(27-26-20)18-8-3-4-9-19(18)30-2/h3-15H,1-2H3,(H,25,29). The first kappa shape index (κ1) is 19.3. The van der Waals surface area contributed by atoms with Gasteiger partial charge in [-0.2, -0.15) is 0 Å². The zero-order valence-corrected chi connectivity index (χ0v) is 16.6. The van der Waals surface area contributed by atoms with Crippen LogP contribution in [0.15, 0.2) is 73.2 Å². The van der Waals surface area contributed by atoms with Gasteiger partial charge in [-0.1, -0.05) is 23.4 Å². The van der Waals surface area contributed by atoms with Crippen molar-refractivity contribution in [1.82, 2.24) is 30.3 Å². The summed E-state index contributed by atoms with van der Waals surface area (Å²) in [5.74, 6) is 0.271. The maximum absolute atomic E-state index is 13.1. The Kier molecular flexibility index (Phi) is 5.47. The van der Waals surface area contributed by atoms with Crippen LogP contribution in [0.3, 0.4) is 0 Å². The summed E-state index contributed by atoms with van der Waals surface area (Å²) in [7, 11) is 1.59. The molecule has 3 aromatic heterocycles. The number of aromatic nitrogens is 5. The van der Waals surface area contributed by atoms with E-state index < -0.39 is 0 Å². The Balaban J connectivity index is 1.77. The lowest BCUT2D eigenvalue weighted by molar-refractivity contribution is 0.0934. The summed E-state index contributed by atoms with van der Waals surface area (Å²) in [5.41, 5.74) is 2.95. The van der Waals surface area contributed by atoms with Gasteiger partial charge in [0, 0.05) is 24.2 Å². The first-order chi connectivity index (χ1) is 14.7. The zero-order chi connectivity index (χ0) is 20.9. The van der Waals surface area contributed by atoms with Gasteiger partial charge in [-0.15, -0.1) is 5.10 Å². The highest BCUT2D eigenvalue weighted by Crippen LogP contribution is 2.29. The molecule has 8 nitrogen and oxygen atoms in total. The predicted molar refractivity (Wildman–Crippen MR) is 111 cm³/mol. The van der Waals surface area contributed by atoms with Gasteiger partial charge in [0.1, 0.15) is 17.1 Å². The van der Waals surface area contributed by atoms with Crippen molar-refractivity contribution < 1.29 is 9.53 Å². The molecule has 30 heavy (non-hydrogen) atoms. The van der Waals surface area contributed by atoms with E-state index in [9.17, 15) is 4.79 Å². The predicted octanol–water partition coefficient (Wildman–Crippen LogP) is 3.22. The normalized spacial score (nSPS) is 11.7. The first-order valence-corrected chi connectivity index (χ1v) is 9.40. The van der Waals surface area contributed by atoms with Crippen LogP contribution in [0, 0.1) is 0 Å². The Morgan fingerprint density at radius 1 is 1.03 bits per heavy atom. The molecule has 4 rings (SSSR count). The Hall–Kier alpha value is -4.07. The van der Waals surface area contributed by atoms with Crippen LogP contribution in [0.25, 0.3) is 16.9 Å². The summed E-state index contributed by atoms with van der Waals surface area (Å²) in [5, 5.41) is 11.4. The molecule has 150 valence electrons. The number of benzene rings is 1. The highest BCUT2D eigenvalue weighted by Gasteiger charge is 2.24. The molecule has 0 aliphatic heterocycles. The maximum Gasteiger partial charge on any atom is 0.274 e. The third-order valence-electron chi connectivity index (χ3n) is 4.63. The molecule has 8 heteroatoms. The van der Waals surface area contributed by atoms with Crippen molar-refractivity contribution in [2.24, 2.45) is 0 Å². The molecule has 0 aliphatic rings. The Morgan fingerprint density at radius 2 is 1.80 bits per heavy atom. The van der Waals surface area contributed by atoms with Crippen LogP contribution >= 0.6 is 0 Å². The molecule has 1 aromatic carbocycles. The van der Waals surface area contributed by atoms with Crippen LogP contribution in [-0.2, 0) is 0 Å². The van der Waals surface area contributed by atoms with Gasteiger partial charge in [-0.25, -0.2) is 4.68 Å². The monoisotopic (exact) mass is 400 g/mol. The second kappa shape index (κ2) is 8.52. The fourth-order valence-corrected chi connectivity index (χ4v) is 3.15. The zero-order valence-electron chi connectivity index (χ0n) is 16.6. The second-order valence-corrected chi connectivity index (χ2v) is 6.56. The fourth-order valence-electron chi connectivity index (χ4n) is 3.15. The van der Waals surface area contributed by atoms with Crippen LogP contribution in [-0.4, -0.2) is 38.0 Å². The molecular formula is C22H20N6O2. The van der Waals surface area contributed by atoms with Crippen molar-refractivity contribution in [2.45, 2.75) is 13.0 Å². The summed E-state index contributed by atoms with van der Waals surface area (Å²) < 4.78 is 7.08. The van der Waals surface area contributed by atoms with E-state index in [4.69, 9.17) is 4.74 Å². The molecule has 0 bridgehead atoms. The van der Waals surface area contributed by atoms with Gasteiger partial charge >= 0.3 is 0 Å². The number of ether oxygens (including phenoxy) is 1. The third-order valence-corrected chi connectivity index (χ3v) is 4.63. The smallest absolute Gasteiger partial charge is 0.274 e. The summed E-state index contributed by atoms with van der Waals surface area (Å²) in [4.78, 5) is 21.5. The van der Waals surface area contributed by atoms with Crippen LogP contribution in [0.2, 0.25) is 0 Å². The SMILES string of the molecule is COc1ccccc1-n1nnc(C(=O)NC(C)c2ccccn2)c1-c1ccncc1. The molecule has 1 amide bonds. The van der Waals surface area contributed by atoms with Gasteiger partial charge in [0.15, 0.2) is 5.69 Å². The lowest BCUT2D eigenvalue weighted by Crippen LogP contribution is -2.28. The summed E-state index contributed by atoms with van der Waals surface area (Å²) in [6, 6.07) is 16.3. The number of hydrogen-bond donors (Lipinski definition) is 1. The molecule has 1 unspecified atom stereocenters. The molecule has 0 saturated carbocycles. The number of pyridine rings is 2. The van der Waals surface area contributed by atoms with E-state index in [1.54, 1.807) is 30.4 Å². The van der Waals surface area contributed by atoms with Crippen molar-refractivity contribution in [3.8, 4) is 22.7 Å². The van der Waals surface area contributed by atoms with E-state index >= 15 is 0 Å². The van der Waals surface area contributed by atoms with E-state index in [0.29, 0.717) is 17.1 Å². The van der Waals surface area contributed by atoms with E-state index in [0.717, 1.165) is 11.3 Å². The van der Waals surface area contributed by atoms with E-state index in [1.807, 2.05) is 61.5 Å². The number of methoxy groups -OCH3 is 1. The van der Waals surface area contributed by atoms with Crippen LogP contribution < -0.4 is 10.1 Å². The highest BCUT2D eigenvalue weighted by atomic mass is 16.5. The number of amides is 1. The second-order valence-electron chi connectivity index (χ2n) is 6.56. The number of carbonyl (C=O) groups is 1. The Bertz CT molecular complexity index is 1140. The van der Waals surface area contributed by atoms with Gasteiger partial charge < -0.3 is 10.1 Å². The average molecular weight is 400 g/mol. The van der Waals surface area contributed by atoms with Crippen LogP contribution in [0.1, 0.15) is 29.1 Å². The quantitative estimate of drug-likeness (QED) is 0.534. The number of nitrogens with zero attached hydrogens (tertiary/aromatic N) is 5. The fraction of sp³-hybridized carbons (Fsp3) is 0.136. The molecule has 0 saturated heterocycles. The van der Waals surface area contributed by atoms with Gasteiger partial charge in [-0.05, 0) is 43.3 Å². The van der Waals surface area contributed by atoms with E-state index in [2.05, 4.69) is 25.6 Å². The van der Waals surface area contributed by atoms with Crippen molar-refractivity contribution >= 4 is 5.91 Å². The van der Waals surface area contributed by atoms with Crippen molar-refractivity contribution in [3.05, 3.63) is 84.6 Å². The molecule has 0 aliphatic carbocycles. The highest BCUT2D eigenvalue weighted by molar-refractivity contribution is 5.98. The van der Waals surface area contributed by atoms with E-state index in [1.165, 1.54) is 0 Å². The van der Waals surface area contributed by atoms with Gasteiger partial charge in [0.05, 0.1) is 18.8 Å². The topological polar surface area (TPSA) is 94.8 Å². The number of carbonyl (C=O) groups excluding carboxylic acids is 1. The van der Waals surface area contributed by atoms with Crippen LogP contribution in [0.4, 0.5) is 0 Å². The molecule has 0 fully saturated rings. The summed E-state index contributed by atoms with van der Waals surface area (Å²) in [6.07, 6.45) is 5.01. The summed E-state index contributed by atoms with van der Waals surface area (Å²) >= 11 is 0. The average Bonchev–Trinajstić information content (AvgIpc) is 3.25. The number of nitrogens with one attached hydrogen (secondary N) is 1. The Labute approximate surface area is 173 Å². The minimum Gasteiger partial charge on any atom is -0.494 e. The minimum absolute atomic E-state index is 0.204. The Morgan fingerprint density at radius 3 is 2.53 bits per heavy atom. The number of para-hydroxylation sites is 2. The maximum atomic E-state index is 13.1. The van der Waals surface area contributed by atoms with E-state index in [-0.39, 0.29) is 17.6 Å².